The lowest BCUT2D eigenvalue weighted by atomic mass is 10.0. The summed E-state index contributed by atoms with van der Waals surface area (Å²) in [6.07, 6.45) is 4.61. The number of imidazole rings is 1. The number of benzene rings is 2. The van der Waals surface area contributed by atoms with Gasteiger partial charge in [-0.2, -0.15) is 0 Å². The highest BCUT2D eigenvalue weighted by Gasteiger charge is 2.27. The van der Waals surface area contributed by atoms with Gasteiger partial charge in [0.1, 0.15) is 17.9 Å². The van der Waals surface area contributed by atoms with Crippen LogP contribution in [0.4, 0.5) is 0 Å². The summed E-state index contributed by atoms with van der Waals surface area (Å²) in [5, 5.41) is 0. The van der Waals surface area contributed by atoms with Crippen LogP contribution in [0.3, 0.4) is 0 Å². The second-order valence-corrected chi connectivity index (χ2v) is 8.28. The van der Waals surface area contributed by atoms with Crippen LogP contribution in [0.15, 0.2) is 73.1 Å². The van der Waals surface area contributed by atoms with E-state index in [0.29, 0.717) is 5.92 Å². The zero-order chi connectivity index (χ0) is 21.9. The molecule has 1 saturated heterocycles. The molecule has 0 spiro atoms. The highest BCUT2D eigenvalue weighted by atomic mass is 16.5. The summed E-state index contributed by atoms with van der Waals surface area (Å²) in [6, 6.07) is 21.0. The van der Waals surface area contributed by atoms with Crippen molar-refractivity contribution in [1.29, 1.82) is 0 Å². The number of amides is 1. The van der Waals surface area contributed by atoms with Gasteiger partial charge in [-0.05, 0) is 29.5 Å². The van der Waals surface area contributed by atoms with Crippen molar-refractivity contribution in [2.45, 2.75) is 13.0 Å². The monoisotopic (exact) mass is 426 g/mol. The third-order valence-electron chi connectivity index (χ3n) is 6.15. The quantitative estimate of drug-likeness (QED) is 0.462. The first-order valence-corrected chi connectivity index (χ1v) is 11.0. The summed E-state index contributed by atoms with van der Waals surface area (Å²) >= 11 is 0. The predicted octanol–water partition coefficient (Wildman–Crippen LogP) is 4.26. The van der Waals surface area contributed by atoms with Crippen molar-refractivity contribution in [2.75, 3.05) is 26.8 Å². The van der Waals surface area contributed by atoms with E-state index in [2.05, 4.69) is 58.1 Å². The van der Waals surface area contributed by atoms with Crippen LogP contribution in [0.1, 0.15) is 6.42 Å². The van der Waals surface area contributed by atoms with Gasteiger partial charge in [-0.15, -0.1) is 0 Å². The van der Waals surface area contributed by atoms with Gasteiger partial charge in [-0.3, -0.25) is 9.78 Å². The summed E-state index contributed by atoms with van der Waals surface area (Å²) in [5.74, 6) is 1.38. The largest absolute Gasteiger partial charge is 0.375 e. The molecule has 0 radical (unpaired) electrons. The molecular formula is C26H26N4O2. The van der Waals surface area contributed by atoms with E-state index in [1.54, 1.807) is 7.11 Å². The molecular weight excluding hydrogens is 400 g/mol. The Morgan fingerprint density at radius 2 is 1.78 bits per heavy atom. The number of carbonyl (C=O) groups excluding carboxylic acids is 1. The highest BCUT2D eigenvalue weighted by Crippen LogP contribution is 2.29. The van der Waals surface area contributed by atoms with Crippen LogP contribution < -0.4 is 0 Å². The summed E-state index contributed by atoms with van der Waals surface area (Å²) in [4.78, 5) is 23.3. The molecule has 2 aromatic carbocycles. The number of rotatable bonds is 6. The molecule has 1 aliphatic heterocycles. The van der Waals surface area contributed by atoms with E-state index in [-0.39, 0.29) is 12.5 Å². The number of hydrogen-bond donors (Lipinski definition) is 0. The number of hydrogen-bond acceptors (Lipinski definition) is 4. The average molecular weight is 427 g/mol. The molecule has 0 aliphatic carbocycles. The Labute approximate surface area is 187 Å². The number of methoxy groups -OCH3 is 1. The molecule has 1 amide bonds. The van der Waals surface area contributed by atoms with Gasteiger partial charge in [0, 0.05) is 38.5 Å². The SMILES string of the molecule is COCC(=O)N1CC[C@@H](Cn2c(-c3ccc(-c4ccccc4)cc3)nc3cnccc32)C1. The highest BCUT2D eigenvalue weighted by molar-refractivity contribution is 5.80. The molecule has 6 nitrogen and oxygen atoms in total. The molecule has 4 aromatic rings. The molecule has 0 N–H and O–H groups in total. The normalized spacial score (nSPS) is 16.0. The van der Waals surface area contributed by atoms with E-state index in [1.807, 2.05) is 29.4 Å². The number of fused-ring (bicyclic) bond motifs is 1. The predicted molar refractivity (Wildman–Crippen MR) is 125 cm³/mol. The molecule has 1 aliphatic rings. The molecule has 1 atom stereocenters. The maximum Gasteiger partial charge on any atom is 0.248 e. The lowest BCUT2D eigenvalue weighted by Gasteiger charge is -2.17. The Hall–Kier alpha value is -3.51. The van der Waals surface area contributed by atoms with Gasteiger partial charge in [0.2, 0.25) is 5.91 Å². The third-order valence-corrected chi connectivity index (χ3v) is 6.15. The molecule has 6 heteroatoms. The van der Waals surface area contributed by atoms with Crippen molar-refractivity contribution < 1.29 is 9.53 Å². The minimum Gasteiger partial charge on any atom is -0.375 e. The zero-order valence-corrected chi connectivity index (χ0v) is 18.1. The molecule has 3 heterocycles. The summed E-state index contributed by atoms with van der Waals surface area (Å²) in [6.45, 7) is 2.49. The number of pyridine rings is 1. The second-order valence-electron chi connectivity index (χ2n) is 8.28. The van der Waals surface area contributed by atoms with Crippen molar-refractivity contribution in [3.8, 4) is 22.5 Å². The van der Waals surface area contributed by atoms with E-state index < -0.39 is 0 Å². The number of nitrogens with zero attached hydrogens (tertiary/aromatic N) is 4. The summed E-state index contributed by atoms with van der Waals surface area (Å²) in [5.41, 5.74) is 5.42. The fraction of sp³-hybridized carbons (Fsp3) is 0.269. The lowest BCUT2D eigenvalue weighted by molar-refractivity contribution is -0.134. The fourth-order valence-electron chi connectivity index (χ4n) is 4.51. The first kappa shape index (κ1) is 20.4. The average Bonchev–Trinajstić information content (AvgIpc) is 3.46. The van der Waals surface area contributed by atoms with Crippen LogP contribution in [0, 0.1) is 5.92 Å². The first-order chi connectivity index (χ1) is 15.7. The number of carbonyl (C=O) groups is 1. The molecule has 0 saturated carbocycles. The van der Waals surface area contributed by atoms with Crippen LogP contribution in [-0.2, 0) is 16.1 Å². The maximum atomic E-state index is 12.2. The Balaban J connectivity index is 1.44. The second kappa shape index (κ2) is 8.93. The Bertz CT molecular complexity index is 1220. The smallest absolute Gasteiger partial charge is 0.248 e. The number of aromatic nitrogens is 3. The Morgan fingerprint density at radius 3 is 2.56 bits per heavy atom. The van der Waals surface area contributed by atoms with Gasteiger partial charge >= 0.3 is 0 Å². The van der Waals surface area contributed by atoms with Crippen molar-refractivity contribution >= 4 is 16.9 Å². The standard InChI is InChI=1S/C26H26N4O2/c1-32-18-25(31)29-14-12-19(16-29)17-30-24-11-13-27-15-23(24)28-26(30)22-9-7-21(8-10-22)20-5-3-2-4-6-20/h2-11,13,15,19H,12,14,16-18H2,1H3/t19-/m1/s1. The molecule has 32 heavy (non-hydrogen) atoms. The molecule has 2 aromatic heterocycles. The molecule has 5 rings (SSSR count). The number of likely N-dealkylation sites (tertiary alicyclic amines) is 1. The summed E-state index contributed by atoms with van der Waals surface area (Å²) < 4.78 is 7.30. The third kappa shape index (κ3) is 4.01. The topological polar surface area (TPSA) is 60.2 Å². The fourth-order valence-corrected chi connectivity index (χ4v) is 4.51. The lowest BCUT2D eigenvalue weighted by Crippen LogP contribution is -2.32. The van der Waals surface area contributed by atoms with Crippen molar-refractivity contribution in [2.24, 2.45) is 5.92 Å². The van der Waals surface area contributed by atoms with Crippen molar-refractivity contribution in [3.05, 3.63) is 73.1 Å². The van der Waals surface area contributed by atoms with E-state index in [0.717, 1.165) is 48.5 Å². The first-order valence-electron chi connectivity index (χ1n) is 11.0. The van der Waals surface area contributed by atoms with Gasteiger partial charge in [0.05, 0.1) is 11.7 Å². The number of ether oxygens (including phenoxy) is 1. The zero-order valence-electron chi connectivity index (χ0n) is 18.1. The van der Waals surface area contributed by atoms with Crippen LogP contribution in [0.25, 0.3) is 33.5 Å². The van der Waals surface area contributed by atoms with Crippen LogP contribution in [0.5, 0.6) is 0 Å². The van der Waals surface area contributed by atoms with Gasteiger partial charge in [-0.25, -0.2) is 4.98 Å². The van der Waals surface area contributed by atoms with Crippen LogP contribution >= 0.6 is 0 Å². The minimum absolute atomic E-state index is 0.0615. The van der Waals surface area contributed by atoms with Crippen molar-refractivity contribution in [3.63, 3.8) is 0 Å². The van der Waals surface area contributed by atoms with Crippen molar-refractivity contribution in [1.82, 2.24) is 19.4 Å². The molecule has 0 unspecified atom stereocenters. The van der Waals surface area contributed by atoms with Gasteiger partial charge in [0.25, 0.3) is 0 Å². The van der Waals surface area contributed by atoms with Gasteiger partial charge in [-0.1, -0.05) is 54.6 Å². The van der Waals surface area contributed by atoms with E-state index >= 15 is 0 Å². The van der Waals surface area contributed by atoms with Crippen LogP contribution in [-0.4, -0.2) is 52.1 Å². The Morgan fingerprint density at radius 1 is 1.03 bits per heavy atom. The Kier molecular flexibility index (Phi) is 5.69. The molecule has 1 fully saturated rings. The minimum atomic E-state index is 0.0615. The van der Waals surface area contributed by atoms with E-state index in [1.165, 1.54) is 11.1 Å². The van der Waals surface area contributed by atoms with E-state index in [4.69, 9.17) is 9.72 Å². The van der Waals surface area contributed by atoms with Gasteiger partial charge < -0.3 is 14.2 Å². The molecule has 0 bridgehead atoms. The van der Waals surface area contributed by atoms with Gasteiger partial charge in [0.15, 0.2) is 0 Å². The van der Waals surface area contributed by atoms with E-state index in [9.17, 15) is 4.79 Å². The summed E-state index contributed by atoms with van der Waals surface area (Å²) in [7, 11) is 1.56. The van der Waals surface area contributed by atoms with Crippen LogP contribution in [0.2, 0.25) is 0 Å². The maximum absolute atomic E-state index is 12.2. The molecule has 162 valence electrons.